The monoisotopic (exact) mass is 230 g/mol. The first kappa shape index (κ1) is 11.5. The van der Waals surface area contributed by atoms with Gasteiger partial charge in [-0.15, -0.1) is 10.2 Å². The number of benzene rings is 1. The fourth-order valence-electron chi connectivity index (χ4n) is 1.64. The second-order valence-corrected chi connectivity index (χ2v) is 3.76. The van der Waals surface area contributed by atoms with Crippen molar-refractivity contribution in [2.24, 2.45) is 0 Å². The third-order valence-electron chi connectivity index (χ3n) is 2.63. The molecule has 0 saturated heterocycles. The summed E-state index contributed by atoms with van der Waals surface area (Å²) in [4.78, 5) is 0. The largest absolute Gasteiger partial charge is 0.480 e. The van der Waals surface area contributed by atoms with Crippen LogP contribution in [0.1, 0.15) is 22.9 Å². The lowest BCUT2D eigenvalue weighted by atomic mass is 10.0. The highest BCUT2D eigenvalue weighted by molar-refractivity contribution is 5.32. The average molecular weight is 230 g/mol. The summed E-state index contributed by atoms with van der Waals surface area (Å²) >= 11 is 0. The van der Waals surface area contributed by atoms with Crippen molar-refractivity contribution in [2.75, 3.05) is 7.11 Å². The summed E-state index contributed by atoms with van der Waals surface area (Å²) in [6.07, 6.45) is -0.755. The molecular weight excluding hydrogens is 216 g/mol. The van der Waals surface area contributed by atoms with Crippen LogP contribution in [0.4, 0.5) is 0 Å². The van der Waals surface area contributed by atoms with Gasteiger partial charge in [-0.25, -0.2) is 0 Å². The topological polar surface area (TPSA) is 55.2 Å². The maximum atomic E-state index is 10.2. The molecule has 2 rings (SSSR count). The SMILES string of the molecule is COc1ccc(C(O)c2ccccc2C)nn1. The van der Waals surface area contributed by atoms with E-state index < -0.39 is 6.10 Å². The number of hydrogen-bond acceptors (Lipinski definition) is 4. The zero-order valence-electron chi connectivity index (χ0n) is 9.79. The maximum Gasteiger partial charge on any atom is 0.233 e. The molecule has 0 aliphatic rings. The van der Waals surface area contributed by atoms with Crippen molar-refractivity contribution < 1.29 is 9.84 Å². The first-order valence-electron chi connectivity index (χ1n) is 5.33. The second-order valence-electron chi connectivity index (χ2n) is 3.76. The van der Waals surface area contributed by atoms with E-state index >= 15 is 0 Å². The predicted molar refractivity (Wildman–Crippen MR) is 63.8 cm³/mol. The zero-order valence-corrected chi connectivity index (χ0v) is 9.79. The lowest BCUT2D eigenvalue weighted by Crippen LogP contribution is -2.05. The normalized spacial score (nSPS) is 12.2. The Bertz CT molecular complexity index is 497. The van der Waals surface area contributed by atoms with Crippen molar-refractivity contribution in [2.45, 2.75) is 13.0 Å². The van der Waals surface area contributed by atoms with E-state index in [4.69, 9.17) is 4.74 Å². The molecule has 1 unspecified atom stereocenters. The third kappa shape index (κ3) is 2.42. The van der Waals surface area contributed by atoms with Crippen molar-refractivity contribution in [3.05, 3.63) is 53.2 Å². The summed E-state index contributed by atoms with van der Waals surface area (Å²) in [7, 11) is 1.53. The third-order valence-corrected chi connectivity index (χ3v) is 2.63. The van der Waals surface area contributed by atoms with Gasteiger partial charge in [0.1, 0.15) is 6.10 Å². The molecule has 0 aliphatic carbocycles. The molecule has 0 aliphatic heterocycles. The number of nitrogens with zero attached hydrogens (tertiary/aromatic N) is 2. The minimum atomic E-state index is -0.755. The molecule has 88 valence electrons. The van der Waals surface area contributed by atoms with Crippen LogP contribution in [0.15, 0.2) is 36.4 Å². The van der Waals surface area contributed by atoms with Crippen LogP contribution in [0.2, 0.25) is 0 Å². The number of aliphatic hydroxyl groups is 1. The smallest absolute Gasteiger partial charge is 0.233 e. The molecule has 1 N–H and O–H groups in total. The molecule has 1 heterocycles. The Morgan fingerprint density at radius 1 is 1.12 bits per heavy atom. The molecule has 0 amide bonds. The number of aromatic nitrogens is 2. The van der Waals surface area contributed by atoms with E-state index in [9.17, 15) is 5.11 Å². The number of methoxy groups -OCH3 is 1. The van der Waals surface area contributed by atoms with Crippen LogP contribution >= 0.6 is 0 Å². The summed E-state index contributed by atoms with van der Waals surface area (Å²) in [6, 6.07) is 11.1. The van der Waals surface area contributed by atoms with Crippen molar-refractivity contribution >= 4 is 0 Å². The van der Waals surface area contributed by atoms with Gasteiger partial charge in [0.2, 0.25) is 5.88 Å². The number of hydrogen-bond donors (Lipinski definition) is 1. The van der Waals surface area contributed by atoms with Gasteiger partial charge < -0.3 is 9.84 Å². The Morgan fingerprint density at radius 3 is 2.47 bits per heavy atom. The molecule has 2 aromatic rings. The fraction of sp³-hybridized carbons (Fsp3) is 0.231. The van der Waals surface area contributed by atoms with E-state index in [2.05, 4.69) is 10.2 Å². The molecule has 4 heteroatoms. The minimum Gasteiger partial charge on any atom is -0.480 e. The van der Waals surface area contributed by atoms with Crippen LogP contribution in [0.3, 0.4) is 0 Å². The lowest BCUT2D eigenvalue weighted by molar-refractivity contribution is 0.212. The van der Waals surface area contributed by atoms with Crippen LogP contribution in [0.25, 0.3) is 0 Å². The molecule has 4 nitrogen and oxygen atoms in total. The van der Waals surface area contributed by atoms with E-state index in [1.54, 1.807) is 12.1 Å². The van der Waals surface area contributed by atoms with Gasteiger partial charge in [-0.3, -0.25) is 0 Å². The van der Waals surface area contributed by atoms with Gasteiger partial charge in [0.05, 0.1) is 12.8 Å². The Morgan fingerprint density at radius 2 is 1.88 bits per heavy atom. The molecule has 1 atom stereocenters. The average Bonchev–Trinajstić information content (AvgIpc) is 2.39. The van der Waals surface area contributed by atoms with E-state index in [1.165, 1.54) is 7.11 Å². The summed E-state index contributed by atoms with van der Waals surface area (Å²) in [5.41, 5.74) is 2.38. The van der Waals surface area contributed by atoms with Gasteiger partial charge in [0.15, 0.2) is 0 Å². The Hall–Kier alpha value is -1.94. The summed E-state index contributed by atoms with van der Waals surface area (Å²) in [6.45, 7) is 1.95. The first-order valence-corrected chi connectivity index (χ1v) is 5.33. The maximum absolute atomic E-state index is 10.2. The molecule has 0 radical (unpaired) electrons. The first-order chi connectivity index (χ1) is 8.22. The van der Waals surface area contributed by atoms with Gasteiger partial charge in [-0.2, -0.15) is 0 Å². The van der Waals surface area contributed by atoms with Gasteiger partial charge in [0.25, 0.3) is 0 Å². The summed E-state index contributed by atoms with van der Waals surface area (Å²) < 4.78 is 4.92. The van der Waals surface area contributed by atoms with Gasteiger partial charge in [-0.05, 0) is 24.1 Å². The molecule has 1 aromatic carbocycles. The fourth-order valence-corrected chi connectivity index (χ4v) is 1.64. The molecule has 0 saturated carbocycles. The van der Waals surface area contributed by atoms with E-state index in [0.717, 1.165) is 11.1 Å². The van der Waals surface area contributed by atoms with E-state index in [0.29, 0.717) is 11.6 Å². The van der Waals surface area contributed by atoms with Crippen molar-refractivity contribution in [3.63, 3.8) is 0 Å². The highest BCUT2D eigenvalue weighted by atomic mass is 16.5. The molecule has 0 spiro atoms. The number of ether oxygens (including phenoxy) is 1. The Labute approximate surface area is 99.9 Å². The van der Waals surface area contributed by atoms with Crippen LogP contribution < -0.4 is 4.74 Å². The zero-order chi connectivity index (χ0) is 12.3. The second kappa shape index (κ2) is 4.93. The van der Waals surface area contributed by atoms with Crippen LogP contribution in [-0.4, -0.2) is 22.4 Å². The standard InChI is InChI=1S/C13H14N2O2/c1-9-5-3-4-6-10(9)13(16)11-7-8-12(17-2)15-14-11/h3-8,13,16H,1-2H3. The Balaban J connectivity index is 2.30. The van der Waals surface area contributed by atoms with E-state index in [-0.39, 0.29) is 0 Å². The molecule has 0 bridgehead atoms. The lowest BCUT2D eigenvalue weighted by Gasteiger charge is -2.12. The number of aryl methyl sites for hydroxylation is 1. The van der Waals surface area contributed by atoms with Gasteiger partial charge in [-0.1, -0.05) is 24.3 Å². The van der Waals surface area contributed by atoms with Crippen LogP contribution in [0.5, 0.6) is 5.88 Å². The van der Waals surface area contributed by atoms with Gasteiger partial charge >= 0.3 is 0 Å². The summed E-state index contributed by atoms with van der Waals surface area (Å²) in [5.74, 6) is 0.436. The predicted octanol–water partition coefficient (Wildman–Crippen LogP) is 1.88. The number of rotatable bonds is 3. The van der Waals surface area contributed by atoms with Crippen molar-refractivity contribution in [3.8, 4) is 5.88 Å². The minimum absolute atomic E-state index is 0.436. The van der Waals surface area contributed by atoms with Crippen molar-refractivity contribution in [1.82, 2.24) is 10.2 Å². The van der Waals surface area contributed by atoms with Crippen molar-refractivity contribution in [1.29, 1.82) is 0 Å². The molecule has 1 aromatic heterocycles. The molecular formula is C13H14N2O2. The highest BCUT2D eigenvalue weighted by Gasteiger charge is 2.14. The quantitative estimate of drug-likeness (QED) is 0.874. The number of aliphatic hydroxyl groups excluding tert-OH is 1. The van der Waals surface area contributed by atoms with Gasteiger partial charge in [0, 0.05) is 6.07 Å². The van der Waals surface area contributed by atoms with Crippen LogP contribution in [-0.2, 0) is 0 Å². The molecule has 0 fully saturated rings. The summed E-state index contributed by atoms with van der Waals surface area (Å²) in [5, 5.41) is 18.0. The van der Waals surface area contributed by atoms with E-state index in [1.807, 2.05) is 31.2 Å². The van der Waals surface area contributed by atoms with Crippen LogP contribution in [0, 0.1) is 6.92 Å². The highest BCUT2D eigenvalue weighted by Crippen LogP contribution is 2.23. The molecule has 17 heavy (non-hydrogen) atoms. The Kier molecular flexibility index (Phi) is 3.35.